The maximum absolute atomic E-state index is 12.3. The molecule has 3 aromatic rings. The van der Waals surface area contributed by atoms with Crippen LogP contribution >= 0.6 is 11.6 Å². The van der Waals surface area contributed by atoms with Gasteiger partial charge in [-0.05, 0) is 79.6 Å². The number of ether oxygens (including phenoxy) is 2. The van der Waals surface area contributed by atoms with Gasteiger partial charge in [0.25, 0.3) is 5.91 Å². The zero-order valence-electron chi connectivity index (χ0n) is 17.4. The van der Waals surface area contributed by atoms with Gasteiger partial charge in [-0.2, -0.15) is 5.10 Å². The lowest BCUT2D eigenvalue weighted by Gasteiger charge is -2.15. The van der Waals surface area contributed by atoms with E-state index in [9.17, 15) is 14.7 Å². The molecule has 0 aliphatic heterocycles. The number of carbonyl (C=O) groups is 2. The molecule has 3 aromatic carbocycles. The van der Waals surface area contributed by atoms with Crippen molar-refractivity contribution in [2.24, 2.45) is 5.10 Å². The molecule has 0 saturated heterocycles. The van der Waals surface area contributed by atoms with Gasteiger partial charge >= 0.3 is 5.97 Å². The average Bonchev–Trinajstić information content (AvgIpc) is 2.77. The van der Waals surface area contributed by atoms with Crippen molar-refractivity contribution >= 4 is 29.7 Å². The zero-order valence-corrected chi connectivity index (χ0v) is 18.2. The van der Waals surface area contributed by atoms with Crippen molar-refractivity contribution in [3.8, 4) is 17.2 Å². The Morgan fingerprint density at radius 2 is 1.81 bits per heavy atom. The van der Waals surface area contributed by atoms with E-state index in [1.54, 1.807) is 61.5 Å². The topological polar surface area (TPSA) is 97.2 Å². The molecule has 0 spiro atoms. The summed E-state index contributed by atoms with van der Waals surface area (Å²) in [5, 5.41) is 14.1. The fourth-order valence-electron chi connectivity index (χ4n) is 2.70. The summed E-state index contributed by atoms with van der Waals surface area (Å²) in [6.45, 7) is 3.44. The number of phenols is 1. The van der Waals surface area contributed by atoms with Crippen LogP contribution in [0.25, 0.3) is 0 Å². The van der Waals surface area contributed by atoms with Gasteiger partial charge in [0.1, 0.15) is 17.2 Å². The number of aryl methyl sites for hydroxylation is 1. The summed E-state index contributed by atoms with van der Waals surface area (Å²) in [7, 11) is 0. The first kappa shape index (κ1) is 22.8. The second-order valence-electron chi connectivity index (χ2n) is 6.88. The average molecular weight is 453 g/mol. The molecule has 1 amide bonds. The van der Waals surface area contributed by atoms with Crippen LogP contribution in [0.1, 0.15) is 28.4 Å². The molecule has 164 valence electrons. The van der Waals surface area contributed by atoms with Crippen LogP contribution in [0.5, 0.6) is 17.2 Å². The molecule has 2 N–H and O–H groups in total. The number of hydrazone groups is 1. The molecule has 8 heteroatoms. The number of nitrogens with zero attached hydrogens (tertiary/aromatic N) is 1. The number of rotatable bonds is 7. The summed E-state index contributed by atoms with van der Waals surface area (Å²) >= 11 is 5.93. The van der Waals surface area contributed by atoms with Gasteiger partial charge < -0.3 is 14.6 Å². The van der Waals surface area contributed by atoms with E-state index in [0.29, 0.717) is 22.1 Å². The number of benzene rings is 3. The van der Waals surface area contributed by atoms with E-state index >= 15 is 0 Å². The SMILES string of the molecule is Cc1cc(Cl)ccc1OC(C)C(=O)Oc1ccc(/C=N/NC(=O)c2ccccc2O)cc1. The van der Waals surface area contributed by atoms with E-state index in [4.69, 9.17) is 21.1 Å². The molecule has 0 saturated carbocycles. The number of amides is 1. The summed E-state index contributed by atoms with van der Waals surface area (Å²) in [6, 6.07) is 17.9. The van der Waals surface area contributed by atoms with Gasteiger partial charge in [-0.1, -0.05) is 23.7 Å². The van der Waals surface area contributed by atoms with Crippen LogP contribution in [0.4, 0.5) is 0 Å². The first-order valence-corrected chi connectivity index (χ1v) is 10.1. The predicted molar refractivity (Wildman–Crippen MR) is 122 cm³/mol. The van der Waals surface area contributed by atoms with Gasteiger partial charge in [-0.25, -0.2) is 10.2 Å². The van der Waals surface area contributed by atoms with E-state index in [2.05, 4.69) is 10.5 Å². The van der Waals surface area contributed by atoms with Gasteiger partial charge in [0, 0.05) is 5.02 Å². The van der Waals surface area contributed by atoms with Crippen molar-refractivity contribution in [3.05, 3.63) is 88.4 Å². The standard InChI is InChI=1S/C24H21ClN2O5/c1-15-13-18(25)9-12-22(15)31-16(2)24(30)32-19-10-7-17(8-11-19)14-26-27-23(29)20-5-3-4-6-21(20)28/h3-14,16,28H,1-2H3,(H,27,29)/b26-14+. The molecule has 0 radical (unpaired) electrons. The van der Waals surface area contributed by atoms with Crippen molar-refractivity contribution in [2.75, 3.05) is 0 Å². The molecule has 0 aromatic heterocycles. The van der Waals surface area contributed by atoms with E-state index in [1.165, 1.54) is 18.3 Å². The number of hydrogen-bond acceptors (Lipinski definition) is 6. The second kappa shape index (κ2) is 10.5. The van der Waals surface area contributed by atoms with Crippen LogP contribution in [0.3, 0.4) is 0 Å². The Hall–Kier alpha value is -3.84. The van der Waals surface area contributed by atoms with Crippen molar-refractivity contribution in [2.45, 2.75) is 20.0 Å². The van der Waals surface area contributed by atoms with Crippen molar-refractivity contribution < 1.29 is 24.2 Å². The molecule has 7 nitrogen and oxygen atoms in total. The first-order valence-electron chi connectivity index (χ1n) is 9.69. The third kappa shape index (κ3) is 6.09. The Balaban J connectivity index is 1.53. The lowest BCUT2D eigenvalue weighted by molar-refractivity contribution is -0.141. The van der Waals surface area contributed by atoms with Gasteiger partial charge in [0.05, 0.1) is 11.8 Å². The number of esters is 1. The Kier molecular flexibility index (Phi) is 7.46. The summed E-state index contributed by atoms with van der Waals surface area (Å²) in [5.74, 6) is -0.314. The van der Waals surface area contributed by atoms with Crippen molar-refractivity contribution in [1.29, 1.82) is 0 Å². The number of aromatic hydroxyl groups is 1. The Labute approximate surface area is 190 Å². The molecule has 1 atom stereocenters. The fourth-order valence-corrected chi connectivity index (χ4v) is 2.92. The van der Waals surface area contributed by atoms with Crippen molar-refractivity contribution in [3.63, 3.8) is 0 Å². The lowest BCUT2D eigenvalue weighted by atomic mass is 10.2. The van der Waals surface area contributed by atoms with E-state index < -0.39 is 18.0 Å². The van der Waals surface area contributed by atoms with Crippen LogP contribution in [0.15, 0.2) is 71.8 Å². The minimum absolute atomic E-state index is 0.122. The third-order valence-corrected chi connectivity index (χ3v) is 4.63. The van der Waals surface area contributed by atoms with Crippen LogP contribution < -0.4 is 14.9 Å². The van der Waals surface area contributed by atoms with Gasteiger partial charge in [-0.15, -0.1) is 0 Å². The highest BCUT2D eigenvalue weighted by molar-refractivity contribution is 6.30. The summed E-state index contributed by atoms with van der Waals surface area (Å²) < 4.78 is 11.0. The molecule has 32 heavy (non-hydrogen) atoms. The smallest absolute Gasteiger partial charge is 0.352 e. The predicted octanol–water partition coefficient (Wildman–Crippen LogP) is 4.49. The fraction of sp³-hybridized carbons (Fsp3) is 0.125. The van der Waals surface area contributed by atoms with E-state index in [1.807, 2.05) is 6.92 Å². The zero-order chi connectivity index (χ0) is 23.1. The number of nitrogens with one attached hydrogen (secondary N) is 1. The van der Waals surface area contributed by atoms with Gasteiger partial charge in [0.15, 0.2) is 6.10 Å². The quantitative estimate of drug-likeness (QED) is 0.238. The number of carbonyl (C=O) groups excluding carboxylic acids is 2. The summed E-state index contributed by atoms with van der Waals surface area (Å²) in [6.07, 6.45) is 0.610. The van der Waals surface area contributed by atoms with Gasteiger partial charge in [-0.3, -0.25) is 4.79 Å². The molecule has 0 aliphatic rings. The highest BCUT2D eigenvalue weighted by Gasteiger charge is 2.18. The third-order valence-electron chi connectivity index (χ3n) is 4.40. The van der Waals surface area contributed by atoms with E-state index in [0.717, 1.165) is 5.56 Å². The summed E-state index contributed by atoms with van der Waals surface area (Å²) in [5.41, 5.74) is 3.95. The van der Waals surface area contributed by atoms with Crippen LogP contribution in [-0.4, -0.2) is 29.3 Å². The monoisotopic (exact) mass is 452 g/mol. The minimum Gasteiger partial charge on any atom is -0.507 e. The highest BCUT2D eigenvalue weighted by atomic mass is 35.5. The summed E-state index contributed by atoms with van der Waals surface area (Å²) in [4.78, 5) is 24.3. The molecule has 0 bridgehead atoms. The number of hydrogen-bond donors (Lipinski definition) is 2. The Morgan fingerprint density at radius 3 is 2.50 bits per heavy atom. The van der Waals surface area contributed by atoms with Crippen molar-refractivity contribution in [1.82, 2.24) is 5.43 Å². The maximum atomic E-state index is 12.3. The second-order valence-corrected chi connectivity index (χ2v) is 7.31. The molecule has 3 rings (SSSR count). The molecule has 0 heterocycles. The normalized spacial score (nSPS) is 11.7. The molecule has 0 fully saturated rings. The molecular formula is C24H21ClN2O5. The number of phenolic OH excluding ortho intramolecular Hbond substituents is 1. The first-order chi connectivity index (χ1) is 15.3. The molecule has 1 unspecified atom stereocenters. The van der Waals surface area contributed by atoms with Gasteiger partial charge in [0.2, 0.25) is 0 Å². The minimum atomic E-state index is -0.819. The Bertz CT molecular complexity index is 1150. The number of halogens is 1. The Morgan fingerprint density at radius 1 is 1.09 bits per heavy atom. The lowest BCUT2D eigenvalue weighted by Crippen LogP contribution is -2.28. The maximum Gasteiger partial charge on any atom is 0.352 e. The number of para-hydroxylation sites is 1. The van der Waals surface area contributed by atoms with E-state index in [-0.39, 0.29) is 11.3 Å². The van der Waals surface area contributed by atoms with Crippen LogP contribution in [-0.2, 0) is 4.79 Å². The molecular weight excluding hydrogens is 432 g/mol. The van der Waals surface area contributed by atoms with Crippen LogP contribution in [0.2, 0.25) is 5.02 Å². The highest BCUT2D eigenvalue weighted by Crippen LogP contribution is 2.23. The van der Waals surface area contributed by atoms with Crippen LogP contribution in [0, 0.1) is 6.92 Å². The largest absolute Gasteiger partial charge is 0.507 e. The molecule has 0 aliphatic carbocycles.